The maximum atomic E-state index is 12.5. The summed E-state index contributed by atoms with van der Waals surface area (Å²) in [6.45, 7) is 1.90. The van der Waals surface area contributed by atoms with Gasteiger partial charge in [0.25, 0.3) is 0 Å². The van der Waals surface area contributed by atoms with E-state index in [4.69, 9.17) is 0 Å². The smallest absolute Gasteiger partial charge is 0.225 e. The number of carbonyl (C=O) groups is 2. The van der Waals surface area contributed by atoms with Gasteiger partial charge in [-0.05, 0) is 37.1 Å². The van der Waals surface area contributed by atoms with E-state index in [1.165, 1.54) is 12.8 Å². The standard InChI is InChI=1S/C20H25N3O2S2/c24-18(21-12-16-13-27-19(22-16)17-6-3-11-26-17)14-7-9-23(10-8-14)20(25)15-4-1-2-5-15/h3,6,11,13-15H,1-2,4-5,7-10,12H2,(H,21,24). The number of rotatable bonds is 5. The first-order valence-corrected chi connectivity index (χ1v) is 11.5. The Morgan fingerprint density at radius 2 is 1.89 bits per heavy atom. The normalized spacial score (nSPS) is 18.7. The fourth-order valence-electron chi connectivity index (χ4n) is 4.02. The molecule has 0 radical (unpaired) electrons. The van der Waals surface area contributed by atoms with Crippen molar-refractivity contribution >= 4 is 34.5 Å². The van der Waals surface area contributed by atoms with E-state index in [0.29, 0.717) is 25.5 Å². The Balaban J connectivity index is 1.23. The second-order valence-electron chi connectivity index (χ2n) is 7.42. The quantitative estimate of drug-likeness (QED) is 0.823. The molecule has 2 fully saturated rings. The van der Waals surface area contributed by atoms with E-state index in [-0.39, 0.29) is 17.7 Å². The van der Waals surface area contributed by atoms with Crippen LogP contribution in [-0.4, -0.2) is 34.8 Å². The lowest BCUT2D eigenvalue weighted by Gasteiger charge is -2.33. The molecule has 0 bridgehead atoms. The highest BCUT2D eigenvalue weighted by molar-refractivity contribution is 7.20. The van der Waals surface area contributed by atoms with Crippen LogP contribution in [-0.2, 0) is 16.1 Å². The minimum atomic E-state index is 0.00744. The largest absolute Gasteiger partial charge is 0.350 e. The number of aromatic nitrogens is 1. The molecule has 1 saturated heterocycles. The summed E-state index contributed by atoms with van der Waals surface area (Å²) >= 11 is 3.29. The minimum absolute atomic E-state index is 0.00744. The number of hydrogen-bond acceptors (Lipinski definition) is 5. The Kier molecular flexibility index (Phi) is 5.88. The van der Waals surface area contributed by atoms with Crippen molar-refractivity contribution in [2.24, 2.45) is 11.8 Å². The molecular weight excluding hydrogens is 378 g/mol. The number of thiazole rings is 1. The van der Waals surface area contributed by atoms with E-state index >= 15 is 0 Å². The molecule has 2 aromatic rings. The summed E-state index contributed by atoms with van der Waals surface area (Å²) < 4.78 is 0. The summed E-state index contributed by atoms with van der Waals surface area (Å²) in [5, 5.41) is 8.09. The van der Waals surface area contributed by atoms with E-state index < -0.39 is 0 Å². The molecule has 27 heavy (non-hydrogen) atoms. The van der Waals surface area contributed by atoms with Crippen LogP contribution < -0.4 is 5.32 Å². The molecule has 4 rings (SSSR count). The topological polar surface area (TPSA) is 62.3 Å². The molecule has 1 N–H and O–H groups in total. The van der Waals surface area contributed by atoms with Gasteiger partial charge in [0.15, 0.2) is 0 Å². The van der Waals surface area contributed by atoms with Crippen LogP contribution in [0.4, 0.5) is 0 Å². The van der Waals surface area contributed by atoms with Gasteiger partial charge in [-0.1, -0.05) is 18.9 Å². The summed E-state index contributed by atoms with van der Waals surface area (Å²) in [5.74, 6) is 0.647. The highest BCUT2D eigenvalue weighted by Gasteiger charge is 2.31. The van der Waals surface area contributed by atoms with Crippen LogP contribution >= 0.6 is 22.7 Å². The Morgan fingerprint density at radius 3 is 2.59 bits per heavy atom. The van der Waals surface area contributed by atoms with E-state index in [9.17, 15) is 9.59 Å². The van der Waals surface area contributed by atoms with Crippen LogP contribution in [0.5, 0.6) is 0 Å². The van der Waals surface area contributed by atoms with Gasteiger partial charge in [0, 0.05) is 30.3 Å². The van der Waals surface area contributed by atoms with Crippen molar-refractivity contribution in [1.82, 2.24) is 15.2 Å². The van der Waals surface area contributed by atoms with Gasteiger partial charge in [-0.25, -0.2) is 4.98 Å². The van der Waals surface area contributed by atoms with Gasteiger partial charge in [-0.3, -0.25) is 9.59 Å². The number of carbonyl (C=O) groups excluding carboxylic acids is 2. The monoisotopic (exact) mass is 403 g/mol. The molecule has 0 aromatic carbocycles. The van der Waals surface area contributed by atoms with Crippen molar-refractivity contribution in [2.45, 2.75) is 45.1 Å². The lowest BCUT2D eigenvalue weighted by atomic mass is 9.94. The van der Waals surface area contributed by atoms with Crippen LogP contribution in [0.3, 0.4) is 0 Å². The van der Waals surface area contributed by atoms with Crippen LogP contribution in [0.25, 0.3) is 9.88 Å². The minimum Gasteiger partial charge on any atom is -0.350 e. The molecule has 0 unspecified atom stereocenters. The van der Waals surface area contributed by atoms with Crippen molar-refractivity contribution in [3.05, 3.63) is 28.6 Å². The summed E-state index contributed by atoms with van der Waals surface area (Å²) in [6.07, 6.45) is 5.98. The molecule has 144 valence electrons. The average Bonchev–Trinajstić information content (AvgIpc) is 3.47. The van der Waals surface area contributed by atoms with Crippen molar-refractivity contribution in [3.63, 3.8) is 0 Å². The van der Waals surface area contributed by atoms with Gasteiger partial charge in [0.05, 0.1) is 17.1 Å². The molecule has 1 aliphatic carbocycles. The first-order chi connectivity index (χ1) is 13.2. The van der Waals surface area contributed by atoms with Crippen molar-refractivity contribution in [1.29, 1.82) is 0 Å². The van der Waals surface area contributed by atoms with E-state index in [2.05, 4.69) is 16.4 Å². The highest BCUT2D eigenvalue weighted by Crippen LogP contribution is 2.29. The van der Waals surface area contributed by atoms with Crippen molar-refractivity contribution in [2.75, 3.05) is 13.1 Å². The lowest BCUT2D eigenvalue weighted by molar-refractivity contribution is -0.139. The highest BCUT2D eigenvalue weighted by atomic mass is 32.1. The van der Waals surface area contributed by atoms with Gasteiger partial charge in [-0.2, -0.15) is 0 Å². The van der Waals surface area contributed by atoms with E-state index in [1.54, 1.807) is 22.7 Å². The van der Waals surface area contributed by atoms with Gasteiger partial charge in [0.1, 0.15) is 5.01 Å². The third kappa shape index (κ3) is 4.41. The second-order valence-corrected chi connectivity index (χ2v) is 9.23. The molecule has 0 spiro atoms. The third-order valence-corrected chi connectivity index (χ3v) is 7.54. The third-order valence-electron chi connectivity index (χ3n) is 5.61. The molecule has 0 atom stereocenters. The maximum Gasteiger partial charge on any atom is 0.225 e. The molecule has 5 nitrogen and oxygen atoms in total. The van der Waals surface area contributed by atoms with Crippen LogP contribution in [0.1, 0.15) is 44.2 Å². The summed E-state index contributed by atoms with van der Waals surface area (Å²) in [5.41, 5.74) is 0.908. The van der Waals surface area contributed by atoms with Crippen molar-refractivity contribution in [3.8, 4) is 9.88 Å². The number of amides is 2. The molecule has 2 aliphatic rings. The van der Waals surface area contributed by atoms with Gasteiger partial charge in [-0.15, -0.1) is 22.7 Å². The average molecular weight is 404 g/mol. The molecule has 2 amide bonds. The van der Waals surface area contributed by atoms with E-state index in [1.807, 2.05) is 21.7 Å². The van der Waals surface area contributed by atoms with Gasteiger partial charge < -0.3 is 10.2 Å². The number of likely N-dealkylation sites (tertiary alicyclic amines) is 1. The Labute approximate surface area is 167 Å². The predicted octanol–water partition coefficient (Wildman–Crippen LogP) is 3.92. The molecule has 7 heteroatoms. The first-order valence-electron chi connectivity index (χ1n) is 9.75. The van der Waals surface area contributed by atoms with Gasteiger partial charge in [0.2, 0.25) is 11.8 Å². The molecular formula is C20H25N3O2S2. The lowest BCUT2D eigenvalue weighted by Crippen LogP contribution is -2.44. The molecule has 3 heterocycles. The molecule has 2 aromatic heterocycles. The summed E-state index contributed by atoms with van der Waals surface area (Å²) in [6, 6.07) is 4.08. The molecule has 1 saturated carbocycles. The molecule has 1 aliphatic heterocycles. The summed E-state index contributed by atoms with van der Waals surface area (Å²) in [4.78, 5) is 32.8. The predicted molar refractivity (Wildman–Crippen MR) is 109 cm³/mol. The zero-order chi connectivity index (χ0) is 18.6. The fourth-order valence-corrected chi connectivity index (χ4v) is 5.65. The summed E-state index contributed by atoms with van der Waals surface area (Å²) in [7, 11) is 0. The number of thiophene rings is 1. The fraction of sp³-hybridized carbons (Fsp3) is 0.550. The first kappa shape index (κ1) is 18.6. The SMILES string of the molecule is O=C(NCc1csc(-c2cccs2)n1)C1CCN(C(=O)C2CCCC2)CC1. The maximum absolute atomic E-state index is 12.5. The van der Waals surface area contributed by atoms with Gasteiger partial charge >= 0.3 is 0 Å². The zero-order valence-electron chi connectivity index (χ0n) is 15.4. The van der Waals surface area contributed by atoms with Crippen LogP contribution in [0, 0.1) is 11.8 Å². The van der Waals surface area contributed by atoms with Crippen LogP contribution in [0.2, 0.25) is 0 Å². The number of nitrogens with one attached hydrogen (secondary N) is 1. The second kappa shape index (κ2) is 8.52. The number of hydrogen-bond donors (Lipinski definition) is 1. The Hall–Kier alpha value is -1.73. The number of piperidine rings is 1. The Bertz CT molecular complexity index is 773. The van der Waals surface area contributed by atoms with E-state index in [0.717, 1.165) is 41.3 Å². The number of nitrogens with zero attached hydrogens (tertiary/aromatic N) is 2. The Morgan fingerprint density at radius 1 is 1.11 bits per heavy atom. The van der Waals surface area contributed by atoms with Crippen molar-refractivity contribution < 1.29 is 9.59 Å². The van der Waals surface area contributed by atoms with Crippen LogP contribution in [0.15, 0.2) is 22.9 Å². The zero-order valence-corrected chi connectivity index (χ0v) is 17.0.